The zero-order chi connectivity index (χ0) is 12.1. The molecular weight excluding hydrogens is 276 g/mol. The van der Waals surface area contributed by atoms with E-state index < -0.39 is 5.97 Å². The van der Waals surface area contributed by atoms with Gasteiger partial charge in [0.15, 0.2) is 0 Å². The average molecular weight is 289 g/mol. The Morgan fingerprint density at radius 2 is 2.06 bits per heavy atom. The fourth-order valence-electron chi connectivity index (χ4n) is 1.39. The topological polar surface area (TPSA) is 55.8 Å². The van der Waals surface area contributed by atoms with Crippen LogP contribution < -0.4 is 9.47 Å². The molecule has 1 aromatic rings. The molecule has 0 amide bonds. The van der Waals surface area contributed by atoms with E-state index in [1.165, 1.54) is 0 Å². The highest BCUT2D eigenvalue weighted by Gasteiger charge is 2.13. The summed E-state index contributed by atoms with van der Waals surface area (Å²) >= 11 is 3.36. The zero-order valence-electron chi connectivity index (χ0n) is 9.12. The molecule has 0 aliphatic carbocycles. The molecule has 1 rings (SSSR count). The van der Waals surface area contributed by atoms with Crippen LogP contribution in [0.4, 0.5) is 0 Å². The van der Waals surface area contributed by atoms with Gasteiger partial charge in [0.25, 0.3) is 0 Å². The van der Waals surface area contributed by atoms with Gasteiger partial charge < -0.3 is 14.6 Å². The quantitative estimate of drug-likeness (QED) is 0.904. The molecule has 5 heteroatoms. The Balaban J connectivity index is 3.01. The van der Waals surface area contributed by atoms with Crippen molar-refractivity contribution in [3.05, 3.63) is 22.2 Å². The van der Waals surface area contributed by atoms with Gasteiger partial charge in [-0.2, -0.15) is 0 Å². The van der Waals surface area contributed by atoms with Gasteiger partial charge in [0.05, 0.1) is 14.2 Å². The second kappa shape index (κ2) is 5.75. The van der Waals surface area contributed by atoms with E-state index in [0.29, 0.717) is 22.4 Å². The number of carbonyl (C=O) groups is 1. The standard InChI is InChI=1S/C11H13BrO4/c1-15-8-5-3-7(4-6-9(13)14)11(16-2)10(8)12/h3,5H,4,6H2,1-2H3,(H,13,14). The number of aliphatic carboxylic acids is 1. The van der Waals surface area contributed by atoms with Gasteiger partial charge in [-0.05, 0) is 34.0 Å². The van der Waals surface area contributed by atoms with Crippen molar-refractivity contribution in [1.29, 1.82) is 0 Å². The summed E-state index contributed by atoms with van der Waals surface area (Å²) in [6.07, 6.45) is 0.510. The third kappa shape index (κ3) is 2.88. The lowest BCUT2D eigenvalue weighted by atomic mass is 10.1. The summed E-state index contributed by atoms with van der Waals surface area (Å²) in [6, 6.07) is 3.59. The van der Waals surface area contributed by atoms with E-state index in [2.05, 4.69) is 15.9 Å². The lowest BCUT2D eigenvalue weighted by Gasteiger charge is -2.12. The molecule has 16 heavy (non-hydrogen) atoms. The highest BCUT2D eigenvalue weighted by molar-refractivity contribution is 9.10. The smallest absolute Gasteiger partial charge is 0.303 e. The van der Waals surface area contributed by atoms with Gasteiger partial charge >= 0.3 is 5.97 Å². The second-order valence-corrected chi connectivity index (χ2v) is 3.96. The van der Waals surface area contributed by atoms with E-state index in [1.54, 1.807) is 20.3 Å². The minimum Gasteiger partial charge on any atom is -0.495 e. The van der Waals surface area contributed by atoms with Crippen molar-refractivity contribution in [2.24, 2.45) is 0 Å². The first-order chi connectivity index (χ1) is 7.60. The van der Waals surface area contributed by atoms with Crippen molar-refractivity contribution in [2.75, 3.05) is 14.2 Å². The van der Waals surface area contributed by atoms with Crippen LogP contribution in [0.3, 0.4) is 0 Å². The SMILES string of the molecule is COc1ccc(CCC(=O)O)c(OC)c1Br. The first-order valence-corrected chi connectivity index (χ1v) is 5.50. The number of benzene rings is 1. The zero-order valence-corrected chi connectivity index (χ0v) is 10.7. The summed E-state index contributed by atoms with van der Waals surface area (Å²) in [5.74, 6) is 0.463. The van der Waals surface area contributed by atoms with Crippen LogP contribution in [0.15, 0.2) is 16.6 Å². The van der Waals surface area contributed by atoms with Crippen molar-refractivity contribution < 1.29 is 19.4 Å². The molecule has 0 heterocycles. The molecule has 0 saturated carbocycles. The van der Waals surface area contributed by atoms with Gasteiger partial charge in [0.1, 0.15) is 16.0 Å². The summed E-state index contributed by atoms with van der Waals surface area (Å²) in [6.45, 7) is 0. The highest BCUT2D eigenvalue weighted by atomic mass is 79.9. The second-order valence-electron chi connectivity index (χ2n) is 3.17. The molecule has 0 aliphatic heterocycles. The summed E-state index contributed by atoms with van der Waals surface area (Å²) in [5.41, 5.74) is 0.845. The van der Waals surface area contributed by atoms with E-state index >= 15 is 0 Å². The molecule has 0 bridgehead atoms. The van der Waals surface area contributed by atoms with E-state index in [9.17, 15) is 4.79 Å². The van der Waals surface area contributed by atoms with Crippen LogP contribution in [0.1, 0.15) is 12.0 Å². The van der Waals surface area contributed by atoms with Gasteiger partial charge in [-0.25, -0.2) is 0 Å². The van der Waals surface area contributed by atoms with Crippen molar-refractivity contribution in [1.82, 2.24) is 0 Å². The number of halogens is 1. The van der Waals surface area contributed by atoms with E-state index in [-0.39, 0.29) is 6.42 Å². The number of hydrogen-bond acceptors (Lipinski definition) is 3. The number of carboxylic acid groups (broad SMARTS) is 1. The van der Waals surface area contributed by atoms with E-state index in [4.69, 9.17) is 14.6 Å². The fraction of sp³-hybridized carbons (Fsp3) is 0.364. The molecule has 0 radical (unpaired) electrons. The Kier molecular flexibility index (Phi) is 4.61. The molecule has 0 atom stereocenters. The summed E-state index contributed by atoms with van der Waals surface area (Å²) in [7, 11) is 3.11. The molecule has 0 fully saturated rings. The third-order valence-electron chi connectivity index (χ3n) is 2.18. The molecule has 0 saturated heterocycles. The molecule has 0 unspecified atom stereocenters. The largest absolute Gasteiger partial charge is 0.495 e. The van der Waals surface area contributed by atoms with E-state index in [1.807, 2.05) is 6.07 Å². The Bertz CT molecular complexity index is 390. The van der Waals surface area contributed by atoms with Crippen molar-refractivity contribution >= 4 is 21.9 Å². The molecule has 4 nitrogen and oxygen atoms in total. The maximum absolute atomic E-state index is 10.5. The summed E-state index contributed by atoms with van der Waals surface area (Å²) < 4.78 is 11.1. The van der Waals surface area contributed by atoms with Gasteiger partial charge in [0.2, 0.25) is 0 Å². The lowest BCUT2D eigenvalue weighted by molar-refractivity contribution is -0.136. The van der Waals surface area contributed by atoms with Crippen molar-refractivity contribution in [3.63, 3.8) is 0 Å². The Morgan fingerprint density at radius 1 is 1.38 bits per heavy atom. The predicted octanol–water partition coefficient (Wildman–Crippen LogP) is 2.48. The average Bonchev–Trinajstić information content (AvgIpc) is 2.26. The Morgan fingerprint density at radius 3 is 2.56 bits per heavy atom. The molecule has 1 aromatic carbocycles. The Hall–Kier alpha value is -1.23. The van der Waals surface area contributed by atoms with Crippen molar-refractivity contribution in [3.8, 4) is 11.5 Å². The molecular formula is C11H13BrO4. The van der Waals surface area contributed by atoms with Crippen LogP contribution in [0.5, 0.6) is 11.5 Å². The number of rotatable bonds is 5. The maximum Gasteiger partial charge on any atom is 0.303 e. The van der Waals surface area contributed by atoms with Crippen LogP contribution in [-0.2, 0) is 11.2 Å². The van der Waals surface area contributed by atoms with E-state index in [0.717, 1.165) is 5.56 Å². The fourth-order valence-corrected chi connectivity index (χ4v) is 2.11. The van der Waals surface area contributed by atoms with Crippen LogP contribution in [0.25, 0.3) is 0 Å². The van der Waals surface area contributed by atoms with Crippen LogP contribution in [0.2, 0.25) is 0 Å². The molecule has 0 aromatic heterocycles. The summed E-state index contributed by atoms with van der Waals surface area (Å²) in [4.78, 5) is 10.5. The normalized spacial score (nSPS) is 9.94. The Labute approximate surface area is 102 Å². The lowest BCUT2D eigenvalue weighted by Crippen LogP contribution is -2.00. The van der Waals surface area contributed by atoms with Crippen LogP contribution in [-0.4, -0.2) is 25.3 Å². The van der Waals surface area contributed by atoms with Gasteiger partial charge in [0, 0.05) is 6.42 Å². The minimum atomic E-state index is -0.825. The highest BCUT2D eigenvalue weighted by Crippen LogP contribution is 2.37. The number of ether oxygens (including phenoxy) is 2. The van der Waals surface area contributed by atoms with Crippen LogP contribution >= 0.6 is 15.9 Å². The molecule has 0 aliphatic rings. The minimum absolute atomic E-state index is 0.0785. The number of aryl methyl sites for hydroxylation is 1. The first-order valence-electron chi connectivity index (χ1n) is 4.71. The summed E-state index contributed by atoms with van der Waals surface area (Å²) in [5, 5.41) is 8.63. The molecule has 0 spiro atoms. The van der Waals surface area contributed by atoms with Crippen LogP contribution in [0, 0.1) is 0 Å². The van der Waals surface area contributed by atoms with Gasteiger partial charge in [-0.3, -0.25) is 4.79 Å². The van der Waals surface area contributed by atoms with Gasteiger partial charge in [-0.15, -0.1) is 0 Å². The number of methoxy groups -OCH3 is 2. The third-order valence-corrected chi connectivity index (χ3v) is 2.93. The van der Waals surface area contributed by atoms with Crippen molar-refractivity contribution in [2.45, 2.75) is 12.8 Å². The first kappa shape index (κ1) is 12.8. The van der Waals surface area contributed by atoms with Gasteiger partial charge in [-0.1, -0.05) is 6.07 Å². The molecule has 1 N–H and O–H groups in total. The number of hydrogen-bond donors (Lipinski definition) is 1. The predicted molar refractivity (Wildman–Crippen MR) is 63.2 cm³/mol. The molecule has 88 valence electrons. The maximum atomic E-state index is 10.5. The number of carboxylic acids is 1. The monoisotopic (exact) mass is 288 g/mol.